The monoisotopic (exact) mass is 362 g/mol. The van der Waals surface area contributed by atoms with Gasteiger partial charge in [0.05, 0.1) is 17.8 Å². The molecule has 4 aromatic rings. The lowest BCUT2D eigenvalue weighted by atomic mass is 10.1. The van der Waals surface area contributed by atoms with E-state index in [0.29, 0.717) is 17.0 Å². The smallest absolute Gasteiger partial charge is 0.209 e. The van der Waals surface area contributed by atoms with E-state index in [1.165, 1.54) is 0 Å². The average molecular weight is 362 g/mol. The standard InChI is InChI=1S/C19H18N6S/c1-13-7-6-8-14(2)17(13)25-19(26)16(11-20-25)18-21-23-24(22-18)12-15-9-4-3-5-10-15/h3-11,20H,12H2,1-2H3. The first-order valence-corrected chi connectivity index (χ1v) is 8.73. The van der Waals surface area contributed by atoms with Gasteiger partial charge in [0, 0.05) is 6.20 Å². The fourth-order valence-corrected chi connectivity index (χ4v) is 3.31. The molecule has 0 aliphatic heterocycles. The third-order valence-corrected chi connectivity index (χ3v) is 4.70. The Morgan fingerprint density at radius 3 is 2.46 bits per heavy atom. The summed E-state index contributed by atoms with van der Waals surface area (Å²) in [6.07, 6.45) is 1.83. The van der Waals surface area contributed by atoms with E-state index < -0.39 is 0 Å². The second kappa shape index (κ2) is 6.68. The van der Waals surface area contributed by atoms with Crippen LogP contribution in [-0.2, 0) is 6.54 Å². The summed E-state index contributed by atoms with van der Waals surface area (Å²) in [6.45, 7) is 4.71. The molecule has 2 aromatic carbocycles. The molecule has 7 heteroatoms. The Bertz CT molecular complexity index is 1090. The van der Waals surface area contributed by atoms with E-state index in [1.54, 1.807) is 4.80 Å². The number of para-hydroxylation sites is 1. The first kappa shape index (κ1) is 16.4. The van der Waals surface area contributed by atoms with Crippen LogP contribution in [0.25, 0.3) is 17.1 Å². The molecule has 0 saturated carbocycles. The fraction of sp³-hybridized carbons (Fsp3) is 0.158. The number of H-pyrrole nitrogens is 1. The zero-order valence-electron chi connectivity index (χ0n) is 14.5. The molecular weight excluding hydrogens is 344 g/mol. The molecule has 26 heavy (non-hydrogen) atoms. The van der Waals surface area contributed by atoms with Crippen LogP contribution in [0.5, 0.6) is 0 Å². The molecule has 0 aliphatic carbocycles. The maximum Gasteiger partial charge on any atom is 0.209 e. The summed E-state index contributed by atoms with van der Waals surface area (Å²) in [5.41, 5.74) is 5.24. The van der Waals surface area contributed by atoms with E-state index in [1.807, 2.05) is 47.3 Å². The van der Waals surface area contributed by atoms with Crippen LogP contribution < -0.4 is 0 Å². The maximum absolute atomic E-state index is 5.66. The Hall–Kier alpha value is -3.06. The van der Waals surface area contributed by atoms with E-state index in [4.69, 9.17) is 12.2 Å². The minimum Gasteiger partial charge on any atom is -0.299 e. The van der Waals surface area contributed by atoms with Crippen LogP contribution >= 0.6 is 12.2 Å². The Morgan fingerprint density at radius 2 is 1.73 bits per heavy atom. The molecule has 2 heterocycles. The van der Waals surface area contributed by atoms with Crippen molar-refractivity contribution >= 4 is 12.2 Å². The zero-order chi connectivity index (χ0) is 18.1. The topological polar surface area (TPSA) is 64.3 Å². The first-order valence-electron chi connectivity index (χ1n) is 8.32. The lowest BCUT2D eigenvalue weighted by Crippen LogP contribution is -2.03. The van der Waals surface area contributed by atoms with Crippen molar-refractivity contribution in [3.05, 3.63) is 76.1 Å². The number of aromatic nitrogens is 6. The minimum atomic E-state index is 0.521. The summed E-state index contributed by atoms with van der Waals surface area (Å²) in [4.78, 5) is 1.58. The number of aromatic amines is 1. The summed E-state index contributed by atoms with van der Waals surface area (Å²) in [5, 5.41) is 16.0. The highest BCUT2D eigenvalue weighted by atomic mass is 32.1. The molecule has 4 rings (SSSR count). The van der Waals surface area contributed by atoms with Gasteiger partial charge in [-0.15, -0.1) is 10.2 Å². The number of benzene rings is 2. The van der Waals surface area contributed by atoms with Gasteiger partial charge < -0.3 is 0 Å². The maximum atomic E-state index is 5.66. The summed E-state index contributed by atoms with van der Waals surface area (Å²) in [5.74, 6) is 0.521. The molecule has 0 aliphatic rings. The molecule has 0 radical (unpaired) electrons. The molecule has 0 unspecified atom stereocenters. The minimum absolute atomic E-state index is 0.521. The summed E-state index contributed by atoms with van der Waals surface area (Å²) in [6, 6.07) is 16.2. The predicted octanol–water partition coefficient (Wildman–Crippen LogP) is 3.85. The quantitative estimate of drug-likeness (QED) is 0.560. The first-order chi connectivity index (χ1) is 12.6. The molecule has 0 bridgehead atoms. The van der Waals surface area contributed by atoms with Crippen LogP contribution in [0.1, 0.15) is 16.7 Å². The highest BCUT2D eigenvalue weighted by molar-refractivity contribution is 7.71. The van der Waals surface area contributed by atoms with Gasteiger partial charge in [-0.25, -0.2) is 4.68 Å². The van der Waals surface area contributed by atoms with Crippen molar-refractivity contribution in [3.8, 4) is 17.1 Å². The van der Waals surface area contributed by atoms with Crippen molar-refractivity contribution < 1.29 is 0 Å². The number of hydrogen-bond acceptors (Lipinski definition) is 4. The SMILES string of the molecule is Cc1cccc(C)c1-n1[nH]cc(-c2nnn(Cc3ccccc3)n2)c1=S. The molecule has 0 saturated heterocycles. The van der Waals surface area contributed by atoms with E-state index in [-0.39, 0.29) is 0 Å². The van der Waals surface area contributed by atoms with Gasteiger partial charge in [-0.2, -0.15) is 4.80 Å². The number of hydrogen-bond donors (Lipinski definition) is 1. The molecule has 6 nitrogen and oxygen atoms in total. The van der Waals surface area contributed by atoms with Crippen molar-refractivity contribution in [2.75, 3.05) is 0 Å². The van der Waals surface area contributed by atoms with Gasteiger partial charge >= 0.3 is 0 Å². The second-order valence-corrected chi connectivity index (χ2v) is 6.58. The number of rotatable bonds is 4. The zero-order valence-corrected chi connectivity index (χ0v) is 15.4. The largest absolute Gasteiger partial charge is 0.299 e. The Labute approximate surface area is 156 Å². The highest BCUT2D eigenvalue weighted by Gasteiger charge is 2.14. The predicted molar refractivity (Wildman–Crippen MR) is 103 cm³/mol. The number of aryl methyl sites for hydroxylation is 2. The van der Waals surface area contributed by atoms with Crippen LogP contribution in [0.2, 0.25) is 0 Å². The van der Waals surface area contributed by atoms with Crippen LogP contribution in [-0.4, -0.2) is 30.0 Å². The summed E-state index contributed by atoms with van der Waals surface area (Å²) < 4.78 is 2.54. The van der Waals surface area contributed by atoms with Crippen molar-refractivity contribution in [1.29, 1.82) is 0 Å². The van der Waals surface area contributed by atoms with Gasteiger partial charge in [0.25, 0.3) is 0 Å². The van der Waals surface area contributed by atoms with Gasteiger partial charge in [0.15, 0.2) is 0 Å². The molecule has 2 aromatic heterocycles. The number of tetrazole rings is 1. The second-order valence-electron chi connectivity index (χ2n) is 6.20. The van der Waals surface area contributed by atoms with E-state index >= 15 is 0 Å². The molecular formula is C19H18N6S. The van der Waals surface area contributed by atoms with Crippen molar-refractivity contribution in [2.45, 2.75) is 20.4 Å². The van der Waals surface area contributed by atoms with Gasteiger partial charge in [-0.3, -0.25) is 5.10 Å². The van der Waals surface area contributed by atoms with E-state index in [2.05, 4.69) is 46.5 Å². The van der Waals surface area contributed by atoms with Crippen LogP contribution in [0, 0.1) is 18.5 Å². The Morgan fingerprint density at radius 1 is 1.00 bits per heavy atom. The average Bonchev–Trinajstić information content (AvgIpc) is 3.23. The van der Waals surface area contributed by atoms with Gasteiger partial charge in [-0.1, -0.05) is 60.7 Å². The number of nitrogens with one attached hydrogen (secondary N) is 1. The van der Waals surface area contributed by atoms with Crippen molar-refractivity contribution in [2.24, 2.45) is 0 Å². The molecule has 0 atom stereocenters. The van der Waals surface area contributed by atoms with E-state index in [0.717, 1.165) is 27.9 Å². The van der Waals surface area contributed by atoms with Crippen LogP contribution in [0.3, 0.4) is 0 Å². The highest BCUT2D eigenvalue weighted by Crippen LogP contribution is 2.23. The normalized spacial score (nSPS) is 11.0. The summed E-state index contributed by atoms with van der Waals surface area (Å²) >= 11 is 5.66. The van der Waals surface area contributed by atoms with Crippen molar-refractivity contribution in [3.63, 3.8) is 0 Å². The molecule has 0 spiro atoms. The lowest BCUT2D eigenvalue weighted by molar-refractivity contribution is 0.573. The third kappa shape index (κ3) is 2.97. The van der Waals surface area contributed by atoms with Crippen LogP contribution in [0.15, 0.2) is 54.7 Å². The molecule has 1 N–H and O–H groups in total. The lowest BCUT2D eigenvalue weighted by Gasteiger charge is -2.10. The van der Waals surface area contributed by atoms with Crippen LogP contribution in [0.4, 0.5) is 0 Å². The molecule has 0 amide bonds. The Kier molecular flexibility index (Phi) is 4.22. The van der Waals surface area contributed by atoms with Gasteiger partial charge in [0.1, 0.15) is 4.64 Å². The van der Waals surface area contributed by atoms with Gasteiger partial charge in [-0.05, 0) is 35.8 Å². The summed E-state index contributed by atoms with van der Waals surface area (Å²) in [7, 11) is 0. The van der Waals surface area contributed by atoms with E-state index in [9.17, 15) is 0 Å². The number of nitrogens with zero attached hydrogens (tertiary/aromatic N) is 5. The van der Waals surface area contributed by atoms with Gasteiger partial charge in [0.2, 0.25) is 5.82 Å². The third-order valence-electron chi connectivity index (χ3n) is 4.30. The molecule has 0 fully saturated rings. The fourth-order valence-electron chi connectivity index (χ4n) is 3.02. The van der Waals surface area contributed by atoms with Crippen molar-refractivity contribution in [1.82, 2.24) is 30.0 Å². The molecule has 130 valence electrons. The Balaban J connectivity index is 1.68.